The lowest BCUT2D eigenvalue weighted by molar-refractivity contribution is -0.119. The summed E-state index contributed by atoms with van der Waals surface area (Å²) in [6.45, 7) is 3.52. The molecule has 0 unspecified atom stereocenters. The summed E-state index contributed by atoms with van der Waals surface area (Å²) in [5, 5.41) is 3.08. The van der Waals surface area contributed by atoms with E-state index in [9.17, 15) is 4.79 Å². The molecular formula is C26H31N5O. The molecule has 1 amide bonds. The monoisotopic (exact) mass is 429 g/mol. The van der Waals surface area contributed by atoms with Gasteiger partial charge in [-0.05, 0) is 54.3 Å². The van der Waals surface area contributed by atoms with Crippen molar-refractivity contribution in [3.63, 3.8) is 0 Å². The van der Waals surface area contributed by atoms with Crippen molar-refractivity contribution < 1.29 is 4.79 Å². The molecule has 1 saturated heterocycles. The zero-order chi connectivity index (χ0) is 22.0. The molecule has 32 heavy (non-hydrogen) atoms. The van der Waals surface area contributed by atoms with Gasteiger partial charge < -0.3 is 15.1 Å². The van der Waals surface area contributed by atoms with E-state index >= 15 is 0 Å². The number of hydrogen-bond acceptors (Lipinski definition) is 5. The maximum atomic E-state index is 12.8. The highest BCUT2D eigenvalue weighted by Crippen LogP contribution is 2.19. The third kappa shape index (κ3) is 6.30. The van der Waals surface area contributed by atoms with Crippen LogP contribution in [0.1, 0.15) is 36.8 Å². The molecule has 1 aliphatic rings. The van der Waals surface area contributed by atoms with E-state index in [-0.39, 0.29) is 12.5 Å². The van der Waals surface area contributed by atoms with Crippen LogP contribution in [0.3, 0.4) is 0 Å². The molecule has 0 radical (unpaired) electrons. The third-order valence-electron chi connectivity index (χ3n) is 5.78. The Morgan fingerprint density at radius 1 is 0.938 bits per heavy atom. The number of carbonyl (C=O) groups excluding carboxylic acids is 1. The van der Waals surface area contributed by atoms with Crippen molar-refractivity contribution in [1.82, 2.24) is 15.3 Å². The number of benzene rings is 1. The lowest BCUT2D eigenvalue weighted by Crippen LogP contribution is -2.36. The molecule has 0 saturated carbocycles. The van der Waals surface area contributed by atoms with Crippen molar-refractivity contribution in [3.05, 3.63) is 84.3 Å². The maximum Gasteiger partial charge on any atom is 0.239 e. The van der Waals surface area contributed by atoms with Crippen LogP contribution in [0.15, 0.2) is 73.2 Å². The van der Waals surface area contributed by atoms with Crippen LogP contribution in [0.2, 0.25) is 0 Å². The quantitative estimate of drug-likeness (QED) is 0.582. The summed E-state index contributed by atoms with van der Waals surface area (Å²) < 4.78 is 0. The molecule has 4 rings (SSSR count). The zero-order valence-electron chi connectivity index (χ0n) is 18.5. The average molecular weight is 430 g/mol. The molecule has 6 heteroatoms. The first kappa shape index (κ1) is 21.8. The first-order chi connectivity index (χ1) is 15.8. The molecule has 6 nitrogen and oxygen atoms in total. The molecule has 0 spiro atoms. The number of para-hydroxylation sites is 1. The first-order valence-corrected chi connectivity index (χ1v) is 11.4. The number of amides is 1. The van der Waals surface area contributed by atoms with Gasteiger partial charge >= 0.3 is 0 Å². The van der Waals surface area contributed by atoms with Gasteiger partial charge in [0.25, 0.3) is 0 Å². The fourth-order valence-corrected chi connectivity index (χ4v) is 4.06. The summed E-state index contributed by atoms with van der Waals surface area (Å²) in [4.78, 5) is 26.0. The summed E-state index contributed by atoms with van der Waals surface area (Å²) in [6.07, 6.45) is 10.5. The largest absolute Gasteiger partial charge is 0.358 e. The molecule has 0 atom stereocenters. The van der Waals surface area contributed by atoms with Crippen LogP contribution in [-0.4, -0.2) is 35.5 Å². The molecule has 0 aliphatic carbocycles. The van der Waals surface area contributed by atoms with E-state index < -0.39 is 0 Å². The zero-order valence-corrected chi connectivity index (χ0v) is 18.5. The van der Waals surface area contributed by atoms with Crippen molar-refractivity contribution in [2.45, 2.75) is 38.8 Å². The second-order valence-electron chi connectivity index (χ2n) is 8.25. The first-order valence-electron chi connectivity index (χ1n) is 11.4. The Morgan fingerprint density at radius 2 is 1.75 bits per heavy atom. The van der Waals surface area contributed by atoms with E-state index in [1.165, 1.54) is 25.7 Å². The number of nitrogens with zero attached hydrogens (tertiary/aromatic N) is 4. The van der Waals surface area contributed by atoms with Crippen molar-refractivity contribution in [2.24, 2.45) is 0 Å². The number of hydrogen-bond donors (Lipinski definition) is 1. The molecule has 1 aromatic carbocycles. The minimum absolute atomic E-state index is 0.00845. The van der Waals surface area contributed by atoms with Crippen molar-refractivity contribution >= 4 is 17.4 Å². The number of aromatic nitrogens is 2. The Hall–Kier alpha value is -3.41. The van der Waals surface area contributed by atoms with Gasteiger partial charge in [-0.1, -0.05) is 37.1 Å². The highest BCUT2D eigenvalue weighted by atomic mass is 16.2. The normalized spacial score (nSPS) is 13.9. The van der Waals surface area contributed by atoms with Crippen LogP contribution < -0.4 is 15.1 Å². The van der Waals surface area contributed by atoms with Crippen molar-refractivity contribution in [2.75, 3.05) is 29.4 Å². The molecule has 2 aromatic heterocycles. The number of anilines is 2. The van der Waals surface area contributed by atoms with Gasteiger partial charge in [-0.15, -0.1) is 0 Å². The van der Waals surface area contributed by atoms with Gasteiger partial charge in [0.2, 0.25) is 5.91 Å². The van der Waals surface area contributed by atoms with E-state index in [0.29, 0.717) is 13.1 Å². The summed E-state index contributed by atoms with van der Waals surface area (Å²) in [5.41, 5.74) is 3.16. The van der Waals surface area contributed by atoms with Gasteiger partial charge in [-0.2, -0.15) is 0 Å². The summed E-state index contributed by atoms with van der Waals surface area (Å²) in [7, 11) is 0. The Kier molecular flexibility index (Phi) is 7.69. The van der Waals surface area contributed by atoms with E-state index in [2.05, 4.69) is 31.2 Å². The molecule has 0 bridgehead atoms. The average Bonchev–Trinajstić information content (AvgIpc) is 3.14. The SMILES string of the molecule is O=C(CN(Cc1cccnc1)c1ccccc1)NCc1ccnc(N2CCCCCC2)c1. The number of rotatable bonds is 8. The van der Waals surface area contributed by atoms with Crippen LogP contribution >= 0.6 is 0 Å². The number of nitrogens with one attached hydrogen (secondary N) is 1. The minimum atomic E-state index is -0.00845. The molecule has 3 heterocycles. The van der Waals surface area contributed by atoms with E-state index in [4.69, 9.17) is 0 Å². The van der Waals surface area contributed by atoms with Crippen LogP contribution in [0.5, 0.6) is 0 Å². The molecule has 1 aliphatic heterocycles. The fourth-order valence-electron chi connectivity index (χ4n) is 4.06. The van der Waals surface area contributed by atoms with Crippen molar-refractivity contribution in [1.29, 1.82) is 0 Å². The summed E-state index contributed by atoms with van der Waals surface area (Å²) in [6, 6.07) is 18.1. The van der Waals surface area contributed by atoms with Crippen LogP contribution in [0, 0.1) is 0 Å². The van der Waals surface area contributed by atoms with Gasteiger partial charge in [0.05, 0.1) is 6.54 Å². The lowest BCUT2D eigenvalue weighted by atomic mass is 10.2. The van der Waals surface area contributed by atoms with E-state index in [0.717, 1.165) is 35.7 Å². The highest BCUT2D eigenvalue weighted by molar-refractivity contribution is 5.81. The number of pyridine rings is 2. The van der Waals surface area contributed by atoms with Gasteiger partial charge in [0.1, 0.15) is 5.82 Å². The topological polar surface area (TPSA) is 61.4 Å². The van der Waals surface area contributed by atoms with Gasteiger partial charge in [0, 0.05) is 50.5 Å². The molecular weight excluding hydrogens is 398 g/mol. The Morgan fingerprint density at radius 3 is 2.50 bits per heavy atom. The maximum absolute atomic E-state index is 12.8. The fraction of sp³-hybridized carbons (Fsp3) is 0.346. The smallest absolute Gasteiger partial charge is 0.239 e. The second-order valence-corrected chi connectivity index (χ2v) is 8.25. The Balaban J connectivity index is 1.37. The van der Waals surface area contributed by atoms with E-state index in [1.807, 2.05) is 60.9 Å². The predicted molar refractivity (Wildman–Crippen MR) is 128 cm³/mol. The highest BCUT2D eigenvalue weighted by Gasteiger charge is 2.14. The van der Waals surface area contributed by atoms with Gasteiger partial charge in [-0.25, -0.2) is 4.98 Å². The molecule has 1 N–H and O–H groups in total. The molecule has 166 valence electrons. The van der Waals surface area contributed by atoms with E-state index in [1.54, 1.807) is 6.20 Å². The summed E-state index contributed by atoms with van der Waals surface area (Å²) >= 11 is 0. The predicted octanol–water partition coefficient (Wildman–Crippen LogP) is 4.18. The standard InChI is InChI=1S/C26H31N5O/c32-26(21-31(24-10-4-3-5-11-24)20-23-9-8-13-27-18-23)29-19-22-12-14-28-25(17-22)30-15-6-1-2-7-16-30/h3-5,8-14,17-18H,1-2,6-7,15-16,19-21H2,(H,29,32). The lowest BCUT2D eigenvalue weighted by Gasteiger charge is -2.24. The number of carbonyl (C=O) groups is 1. The van der Waals surface area contributed by atoms with Gasteiger partial charge in [-0.3, -0.25) is 9.78 Å². The molecule has 3 aromatic rings. The third-order valence-corrected chi connectivity index (χ3v) is 5.78. The van der Waals surface area contributed by atoms with Gasteiger partial charge in [0.15, 0.2) is 0 Å². The van der Waals surface area contributed by atoms with Crippen LogP contribution in [-0.2, 0) is 17.9 Å². The summed E-state index contributed by atoms with van der Waals surface area (Å²) in [5.74, 6) is 1.01. The minimum Gasteiger partial charge on any atom is -0.358 e. The van der Waals surface area contributed by atoms with Crippen LogP contribution in [0.25, 0.3) is 0 Å². The Labute approximate surface area is 190 Å². The second kappa shape index (κ2) is 11.3. The van der Waals surface area contributed by atoms with Crippen molar-refractivity contribution in [3.8, 4) is 0 Å². The molecule has 1 fully saturated rings. The Bertz CT molecular complexity index is 972. The van der Waals surface area contributed by atoms with Crippen LogP contribution in [0.4, 0.5) is 11.5 Å².